The Labute approximate surface area is 176 Å². The zero-order valence-electron chi connectivity index (χ0n) is 14.9. The zero-order chi connectivity index (χ0) is 20.3. The predicted octanol–water partition coefficient (Wildman–Crippen LogP) is 3.38. The fourth-order valence-electron chi connectivity index (χ4n) is 2.71. The van der Waals surface area contributed by atoms with Crippen LogP contribution in [-0.4, -0.2) is 52.0 Å². The summed E-state index contributed by atoms with van der Waals surface area (Å²) in [6.07, 6.45) is 0. The van der Waals surface area contributed by atoms with Crippen molar-refractivity contribution in [1.82, 2.24) is 4.31 Å². The highest BCUT2D eigenvalue weighted by atomic mass is 79.9. The Kier molecular flexibility index (Phi) is 6.61. The molecule has 0 bridgehead atoms. The van der Waals surface area contributed by atoms with E-state index in [9.17, 15) is 13.2 Å². The van der Waals surface area contributed by atoms with Crippen molar-refractivity contribution in [1.29, 1.82) is 0 Å². The molecule has 0 aliphatic carbocycles. The fraction of sp³-hybridized carbons (Fsp3) is 0.278. The molecule has 0 unspecified atom stereocenters. The maximum atomic E-state index is 12.9. The van der Waals surface area contributed by atoms with Gasteiger partial charge in [0, 0.05) is 23.2 Å². The highest BCUT2D eigenvalue weighted by molar-refractivity contribution is 9.10. The SMILES string of the molecule is COc1ccc(Br)c(C(=O)Nc2ccc(Cl)c(S(=O)(=O)N3CCOCC3)c2)c1. The molecule has 10 heteroatoms. The summed E-state index contributed by atoms with van der Waals surface area (Å²) >= 11 is 9.48. The van der Waals surface area contributed by atoms with E-state index in [0.717, 1.165) is 0 Å². The first-order valence-corrected chi connectivity index (χ1v) is 11.0. The third-order valence-electron chi connectivity index (χ3n) is 4.20. The van der Waals surface area contributed by atoms with Gasteiger partial charge in [0.2, 0.25) is 10.0 Å². The number of nitrogens with one attached hydrogen (secondary N) is 1. The second-order valence-corrected chi connectivity index (χ2v) is 9.13. The summed E-state index contributed by atoms with van der Waals surface area (Å²) < 4.78 is 38.1. The van der Waals surface area contributed by atoms with Gasteiger partial charge in [-0.05, 0) is 52.3 Å². The van der Waals surface area contributed by atoms with E-state index in [1.165, 1.54) is 23.5 Å². The van der Waals surface area contributed by atoms with Crippen LogP contribution in [0.1, 0.15) is 10.4 Å². The molecule has 1 N–H and O–H groups in total. The monoisotopic (exact) mass is 488 g/mol. The van der Waals surface area contributed by atoms with E-state index in [-0.39, 0.29) is 23.0 Å². The number of hydrogen-bond acceptors (Lipinski definition) is 5. The molecular formula is C18H18BrClN2O5S. The summed E-state index contributed by atoms with van der Waals surface area (Å²) in [6, 6.07) is 9.36. The van der Waals surface area contributed by atoms with Gasteiger partial charge in [-0.3, -0.25) is 4.79 Å². The van der Waals surface area contributed by atoms with Crippen molar-refractivity contribution >= 4 is 49.1 Å². The molecule has 2 aromatic carbocycles. The Morgan fingerprint density at radius 3 is 2.61 bits per heavy atom. The molecule has 1 saturated heterocycles. The van der Waals surface area contributed by atoms with Crippen LogP contribution in [0.25, 0.3) is 0 Å². The lowest BCUT2D eigenvalue weighted by Gasteiger charge is -2.26. The van der Waals surface area contributed by atoms with Crippen LogP contribution >= 0.6 is 27.5 Å². The number of carbonyl (C=O) groups is 1. The van der Waals surface area contributed by atoms with Gasteiger partial charge in [0.1, 0.15) is 10.6 Å². The van der Waals surface area contributed by atoms with Crippen molar-refractivity contribution in [3.63, 3.8) is 0 Å². The average Bonchev–Trinajstić information content (AvgIpc) is 2.70. The van der Waals surface area contributed by atoms with Crippen LogP contribution in [0.3, 0.4) is 0 Å². The molecular weight excluding hydrogens is 472 g/mol. The number of rotatable bonds is 5. The second-order valence-electron chi connectivity index (χ2n) is 5.96. The number of morpholine rings is 1. The normalized spacial score (nSPS) is 15.2. The molecule has 3 rings (SSSR count). The van der Waals surface area contributed by atoms with Crippen molar-refractivity contribution in [2.24, 2.45) is 0 Å². The molecule has 0 aromatic heterocycles. The van der Waals surface area contributed by atoms with Crippen LogP contribution in [0.5, 0.6) is 5.75 Å². The number of carbonyl (C=O) groups excluding carboxylic acids is 1. The average molecular weight is 490 g/mol. The van der Waals surface area contributed by atoms with Gasteiger partial charge >= 0.3 is 0 Å². The first-order chi connectivity index (χ1) is 13.3. The van der Waals surface area contributed by atoms with E-state index in [4.69, 9.17) is 21.1 Å². The van der Waals surface area contributed by atoms with E-state index in [0.29, 0.717) is 34.7 Å². The highest BCUT2D eigenvalue weighted by Crippen LogP contribution is 2.29. The minimum atomic E-state index is -3.79. The number of benzene rings is 2. The second kappa shape index (κ2) is 8.79. The lowest BCUT2D eigenvalue weighted by atomic mass is 10.2. The third kappa shape index (κ3) is 4.49. The number of ether oxygens (including phenoxy) is 2. The molecule has 1 fully saturated rings. The van der Waals surface area contributed by atoms with Gasteiger partial charge in [0.05, 0.1) is 30.9 Å². The summed E-state index contributed by atoms with van der Waals surface area (Å²) in [5.74, 6) is 0.114. The molecule has 0 radical (unpaired) electrons. The van der Waals surface area contributed by atoms with Gasteiger partial charge in [-0.2, -0.15) is 4.31 Å². The fourth-order valence-corrected chi connectivity index (χ4v) is 5.04. The number of amides is 1. The summed E-state index contributed by atoms with van der Waals surface area (Å²) in [5, 5.41) is 2.79. The molecule has 28 heavy (non-hydrogen) atoms. The van der Waals surface area contributed by atoms with Crippen LogP contribution in [0.4, 0.5) is 5.69 Å². The molecule has 1 aliphatic heterocycles. The largest absolute Gasteiger partial charge is 0.497 e. The standard InChI is InChI=1S/C18H18BrClN2O5S/c1-26-13-3-4-15(19)14(11-13)18(23)21-12-2-5-16(20)17(10-12)28(24,25)22-6-8-27-9-7-22/h2-5,10-11H,6-9H2,1H3,(H,21,23). The van der Waals surface area contributed by atoms with E-state index in [2.05, 4.69) is 21.2 Å². The predicted molar refractivity (Wildman–Crippen MR) is 110 cm³/mol. The Morgan fingerprint density at radius 1 is 1.21 bits per heavy atom. The van der Waals surface area contributed by atoms with Crippen LogP contribution in [0.2, 0.25) is 5.02 Å². The van der Waals surface area contributed by atoms with Gasteiger partial charge in [-0.25, -0.2) is 8.42 Å². The van der Waals surface area contributed by atoms with Crippen molar-refractivity contribution in [2.45, 2.75) is 4.90 Å². The minimum Gasteiger partial charge on any atom is -0.497 e. The molecule has 1 heterocycles. The van der Waals surface area contributed by atoms with Gasteiger partial charge in [0.15, 0.2) is 0 Å². The lowest BCUT2D eigenvalue weighted by Crippen LogP contribution is -2.40. The van der Waals surface area contributed by atoms with E-state index < -0.39 is 15.9 Å². The smallest absolute Gasteiger partial charge is 0.256 e. The van der Waals surface area contributed by atoms with Gasteiger partial charge in [-0.1, -0.05) is 11.6 Å². The molecule has 0 atom stereocenters. The first-order valence-electron chi connectivity index (χ1n) is 8.35. The summed E-state index contributed by atoms with van der Waals surface area (Å²) in [6.45, 7) is 1.17. The third-order valence-corrected chi connectivity index (χ3v) is 7.27. The molecule has 150 valence electrons. The Balaban J connectivity index is 1.88. The number of halogens is 2. The summed E-state index contributed by atoms with van der Waals surface area (Å²) in [5.41, 5.74) is 0.669. The van der Waals surface area contributed by atoms with Crippen LogP contribution < -0.4 is 10.1 Å². The Hall–Kier alpha value is -1.65. The number of methoxy groups -OCH3 is 1. The highest BCUT2D eigenvalue weighted by Gasteiger charge is 2.28. The molecule has 1 amide bonds. The quantitative estimate of drug-likeness (QED) is 0.696. The van der Waals surface area contributed by atoms with E-state index in [1.807, 2.05) is 0 Å². The minimum absolute atomic E-state index is 0.0569. The van der Waals surface area contributed by atoms with E-state index >= 15 is 0 Å². The molecule has 7 nitrogen and oxygen atoms in total. The zero-order valence-corrected chi connectivity index (χ0v) is 18.1. The Bertz CT molecular complexity index is 993. The molecule has 1 aliphatic rings. The van der Waals surface area contributed by atoms with Crippen molar-refractivity contribution in [2.75, 3.05) is 38.7 Å². The van der Waals surface area contributed by atoms with Crippen molar-refractivity contribution < 1.29 is 22.7 Å². The molecule has 2 aromatic rings. The van der Waals surface area contributed by atoms with Gasteiger partial charge < -0.3 is 14.8 Å². The topological polar surface area (TPSA) is 84.9 Å². The summed E-state index contributed by atoms with van der Waals surface area (Å²) in [4.78, 5) is 12.6. The van der Waals surface area contributed by atoms with Crippen LogP contribution in [0, 0.1) is 0 Å². The van der Waals surface area contributed by atoms with E-state index in [1.54, 1.807) is 24.3 Å². The lowest BCUT2D eigenvalue weighted by molar-refractivity contribution is 0.0730. The van der Waals surface area contributed by atoms with Crippen LogP contribution in [0.15, 0.2) is 45.8 Å². The maximum absolute atomic E-state index is 12.9. The van der Waals surface area contributed by atoms with Crippen molar-refractivity contribution in [3.05, 3.63) is 51.5 Å². The molecule has 0 spiro atoms. The van der Waals surface area contributed by atoms with Crippen molar-refractivity contribution in [3.8, 4) is 5.75 Å². The summed E-state index contributed by atoms with van der Waals surface area (Å²) in [7, 11) is -2.29. The number of anilines is 1. The maximum Gasteiger partial charge on any atom is 0.256 e. The van der Waals surface area contributed by atoms with Gasteiger partial charge in [-0.15, -0.1) is 0 Å². The van der Waals surface area contributed by atoms with Gasteiger partial charge in [0.25, 0.3) is 5.91 Å². The number of hydrogen-bond donors (Lipinski definition) is 1. The first kappa shape index (κ1) is 21.1. The number of sulfonamides is 1. The number of nitrogens with zero attached hydrogens (tertiary/aromatic N) is 1. The molecule has 0 saturated carbocycles. The Morgan fingerprint density at radius 2 is 1.93 bits per heavy atom. The van der Waals surface area contributed by atoms with Crippen LogP contribution in [-0.2, 0) is 14.8 Å².